The third kappa shape index (κ3) is 5.87. The number of rotatable bonds is 7. The highest BCUT2D eigenvalue weighted by atomic mass is 16.1. The van der Waals surface area contributed by atoms with Crippen molar-refractivity contribution < 1.29 is 4.79 Å². The maximum atomic E-state index is 11.9. The Bertz CT molecular complexity index is 1130. The van der Waals surface area contributed by atoms with Gasteiger partial charge in [0.25, 0.3) is 0 Å². The van der Waals surface area contributed by atoms with Crippen LogP contribution in [-0.2, 0) is 6.42 Å². The third-order valence-electron chi connectivity index (χ3n) is 8.13. The van der Waals surface area contributed by atoms with E-state index in [4.69, 9.17) is 4.98 Å². The van der Waals surface area contributed by atoms with E-state index in [1.54, 1.807) is 0 Å². The summed E-state index contributed by atoms with van der Waals surface area (Å²) in [5.74, 6) is 0.529. The number of piperidine rings is 1. The fourth-order valence-corrected chi connectivity index (χ4v) is 5.88. The van der Waals surface area contributed by atoms with Crippen molar-refractivity contribution in [2.75, 3.05) is 69.6 Å². The van der Waals surface area contributed by atoms with Crippen LogP contribution in [0.15, 0.2) is 24.3 Å². The molecule has 2 N–H and O–H groups in total. The molecule has 1 aromatic carbocycles. The molecule has 0 spiro atoms. The lowest BCUT2D eigenvalue weighted by atomic mass is 10.0. The number of carbonyl (C=O) groups is 1. The summed E-state index contributed by atoms with van der Waals surface area (Å²) in [5.41, 5.74) is 6.82. The fraction of sp³-hybridized carbons (Fsp3) is 0.552. The van der Waals surface area contributed by atoms with Crippen molar-refractivity contribution in [1.82, 2.24) is 25.1 Å². The summed E-state index contributed by atoms with van der Waals surface area (Å²) in [6.07, 6.45) is 7.09. The molecule has 37 heavy (non-hydrogen) atoms. The van der Waals surface area contributed by atoms with Crippen LogP contribution in [0, 0.1) is 6.92 Å². The molecule has 198 valence electrons. The molecule has 0 saturated carbocycles. The number of nitrogens with one attached hydrogen (secondary N) is 2. The average molecular weight is 504 g/mol. The van der Waals surface area contributed by atoms with Gasteiger partial charge in [0, 0.05) is 63.2 Å². The van der Waals surface area contributed by atoms with Gasteiger partial charge in [-0.15, -0.1) is 0 Å². The SMILES string of the molecule is CCc1nc(C=O)c(Nc2ccc(N3CCC(N4CCN(C)CC4)CC3)c(C)c2)nc1C1=CCNCC1. The van der Waals surface area contributed by atoms with E-state index in [1.165, 1.54) is 55.8 Å². The van der Waals surface area contributed by atoms with Crippen LogP contribution in [0.25, 0.3) is 5.57 Å². The lowest BCUT2D eigenvalue weighted by molar-refractivity contribution is 0.0982. The Morgan fingerprint density at radius 1 is 1.11 bits per heavy atom. The zero-order valence-corrected chi connectivity index (χ0v) is 22.6. The van der Waals surface area contributed by atoms with Crippen LogP contribution in [-0.4, -0.2) is 91.5 Å². The Morgan fingerprint density at radius 3 is 2.54 bits per heavy atom. The number of hydrogen-bond donors (Lipinski definition) is 2. The van der Waals surface area contributed by atoms with Crippen molar-refractivity contribution in [2.24, 2.45) is 0 Å². The molecule has 0 unspecified atom stereocenters. The topological polar surface area (TPSA) is 76.6 Å². The molecule has 8 nitrogen and oxygen atoms in total. The standard InChI is InChI=1S/C29H41N7O/c1-4-25-28(22-7-11-30-12-8-22)33-29(26(20-37)32-25)31-23-5-6-27(21(2)19-23)36-13-9-24(10-14-36)35-17-15-34(3)16-18-35/h5-7,19-20,24,30H,4,8-18H2,1-3H3,(H,31,33). The Morgan fingerprint density at radius 2 is 1.89 bits per heavy atom. The van der Waals surface area contributed by atoms with Gasteiger partial charge in [-0.05, 0) is 75.5 Å². The number of anilines is 3. The van der Waals surface area contributed by atoms with Crippen LogP contribution in [0.1, 0.15) is 53.6 Å². The molecule has 3 aliphatic heterocycles. The Balaban J connectivity index is 1.29. The van der Waals surface area contributed by atoms with Crippen molar-refractivity contribution >= 4 is 29.1 Å². The van der Waals surface area contributed by atoms with Gasteiger partial charge in [-0.25, -0.2) is 9.97 Å². The Kier molecular flexibility index (Phi) is 8.17. The molecule has 2 saturated heterocycles. The molecule has 1 aromatic heterocycles. The van der Waals surface area contributed by atoms with Crippen molar-refractivity contribution in [1.29, 1.82) is 0 Å². The molecule has 2 fully saturated rings. The average Bonchev–Trinajstić information content (AvgIpc) is 2.94. The molecule has 0 radical (unpaired) electrons. The molecular formula is C29H41N7O. The highest BCUT2D eigenvalue weighted by molar-refractivity contribution is 5.83. The number of aldehydes is 1. The number of nitrogens with zero attached hydrogens (tertiary/aromatic N) is 5. The van der Waals surface area contributed by atoms with Crippen molar-refractivity contribution in [2.45, 2.75) is 45.6 Å². The zero-order chi connectivity index (χ0) is 25.8. The van der Waals surface area contributed by atoms with Gasteiger partial charge in [-0.1, -0.05) is 13.0 Å². The molecule has 4 heterocycles. The van der Waals surface area contributed by atoms with E-state index in [1.807, 2.05) is 0 Å². The minimum atomic E-state index is 0.364. The summed E-state index contributed by atoms with van der Waals surface area (Å²) in [6, 6.07) is 7.18. The van der Waals surface area contributed by atoms with Gasteiger partial charge in [0.1, 0.15) is 5.69 Å². The second kappa shape index (κ2) is 11.7. The first kappa shape index (κ1) is 25.8. The minimum absolute atomic E-state index is 0.364. The zero-order valence-electron chi connectivity index (χ0n) is 22.6. The first-order valence-electron chi connectivity index (χ1n) is 13.9. The maximum absolute atomic E-state index is 11.9. The van der Waals surface area contributed by atoms with Gasteiger partial charge in [0.15, 0.2) is 12.1 Å². The molecule has 2 aromatic rings. The normalized spacial score (nSPS) is 20.1. The third-order valence-corrected chi connectivity index (χ3v) is 8.13. The highest BCUT2D eigenvalue weighted by Crippen LogP contribution is 2.30. The number of piperazine rings is 1. The number of aryl methyl sites for hydroxylation is 2. The second-order valence-corrected chi connectivity index (χ2v) is 10.6. The lowest BCUT2D eigenvalue weighted by Crippen LogP contribution is -2.52. The van der Waals surface area contributed by atoms with Crippen molar-refractivity contribution in [3.05, 3.63) is 46.9 Å². The van der Waals surface area contributed by atoms with Gasteiger partial charge in [0.05, 0.1) is 11.4 Å². The molecule has 8 heteroatoms. The summed E-state index contributed by atoms with van der Waals surface area (Å²) in [4.78, 5) is 29.1. The molecule has 0 amide bonds. The first-order chi connectivity index (χ1) is 18.1. The number of benzene rings is 1. The Hall–Kier alpha value is -2.81. The number of hydrogen-bond acceptors (Lipinski definition) is 8. The first-order valence-corrected chi connectivity index (χ1v) is 13.9. The van der Waals surface area contributed by atoms with E-state index in [0.717, 1.165) is 62.4 Å². The number of carbonyl (C=O) groups excluding carboxylic acids is 1. The van der Waals surface area contributed by atoms with Crippen LogP contribution in [0.5, 0.6) is 0 Å². The van der Waals surface area contributed by atoms with E-state index in [-0.39, 0.29) is 0 Å². The van der Waals surface area contributed by atoms with Crippen LogP contribution in [0.2, 0.25) is 0 Å². The molecule has 0 aliphatic carbocycles. The number of aromatic nitrogens is 2. The summed E-state index contributed by atoms with van der Waals surface area (Å²) < 4.78 is 0. The van der Waals surface area contributed by atoms with Crippen LogP contribution in [0.4, 0.5) is 17.2 Å². The van der Waals surface area contributed by atoms with Gasteiger partial charge < -0.3 is 20.4 Å². The fourth-order valence-electron chi connectivity index (χ4n) is 5.88. The predicted octanol–water partition coefficient (Wildman–Crippen LogP) is 3.50. The van der Waals surface area contributed by atoms with Gasteiger partial charge in [-0.2, -0.15) is 0 Å². The van der Waals surface area contributed by atoms with Gasteiger partial charge >= 0.3 is 0 Å². The largest absolute Gasteiger partial charge is 0.371 e. The molecular weight excluding hydrogens is 462 g/mol. The van der Waals surface area contributed by atoms with Crippen LogP contribution in [0.3, 0.4) is 0 Å². The van der Waals surface area contributed by atoms with E-state index >= 15 is 0 Å². The second-order valence-electron chi connectivity index (χ2n) is 10.6. The minimum Gasteiger partial charge on any atom is -0.371 e. The monoisotopic (exact) mass is 503 g/mol. The Labute approximate surface area is 221 Å². The number of likely N-dealkylation sites (N-methyl/N-ethyl adjacent to an activating group) is 1. The predicted molar refractivity (Wildman–Crippen MR) is 151 cm³/mol. The summed E-state index contributed by atoms with van der Waals surface area (Å²) in [5, 5.41) is 6.76. The van der Waals surface area contributed by atoms with E-state index in [9.17, 15) is 4.79 Å². The lowest BCUT2D eigenvalue weighted by Gasteiger charge is -2.43. The molecule has 5 rings (SSSR count). The summed E-state index contributed by atoms with van der Waals surface area (Å²) >= 11 is 0. The molecule has 0 atom stereocenters. The van der Waals surface area contributed by atoms with Crippen molar-refractivity contribution in [3.63, 3.8) is 0 Å². The maximum Gasteiger partial charge on any atom is 0.172 e. The van der Waals surface area contributed by atoms with E-state index in [0.29, 0.717) is 17.6 Å². The van der Waals surface area contributed by atoms with Crippen molar-refractivity contribution in [3.8, 4) is 0 Å². The summed E-state index contributed by atoms with van der Waals surface area (Å²) in [6.45, 7) is 12.9. The molecule has 3 aliphatic rings. The van der Waals surface area contributed by atoms with Gasteiger partial charge in [-0.3, -0.25) is 9.69 Å². The smallest absolute Gasteiger partial charge is 0.172 e. The molecule has 0 bridgehead atoms. The van der Waals surface area contributed by atoms with E-state index < -0.39 is 0 Å². The van der Waals surface area contributed by atoms with E-state index in [2.05, 4.69) is 75.5 Å². The van der Waals surface area contributed by atoms with Crippen LogP contribution >= 0.6 is 0 Å². The quantitative estimate of drug-likeness (QED) is 0.556. The van der Waals surface area contributed by atoms with Crippen LogP contribution < -0.4 is 15.5 Å². The summed E-state index contributed by atoms with van der Waals surface area (Å²) in [7, 11) is 2.22. The highest BCUT2D eigenvalue weighted by Gasteiger charge is 2.27. The van der Waals surface area contributed by atoms with Gasteiger partial charge in [0.2, 0.25) is 0 Å².